The molecule has 0 saturated heterocycles. The number of nitrogens with zero attached hydrogens (tertiary/aromatic N) is 4. The van der Waals surface area contributed by atoms with E-state index in [1.165, 1.54) is 6.33 Å². The number of aromatic nitrogens is 3. The molecule has 0 radical (unpaired) electrons. The van der Waals surface area contributed by atoms with Crippen LogP contribution in [-0.2, 0) is 0 Å². The van der Waals surface area contributed by atoms with Gasteiger partial charge in [-0.15, -0.1) is 0 Å². The van der Waals surface area contributed by atoms with Crippen molar-refractivity contribution in [2.75, 3.05) is 7.05 Å². The van der Waals surface area contributed by atoms with Crippen LogP contribution in [0.4, 0.5) is 4.79 Å². The molecule has 0 spiro atoms. The lowest BCUT2D eigenvalue weighted by Gasteiger charge is -2.26. The molecule has 2 aromatic heterocycles. The Bertz CT molecular complexity index is 1070. The van der Waals surface area contributed by atoms with Crippen LogP contribution in [0.5, 0.6) is 0 Å². The van der Waals surface area contributed by atoms with Crippen molar-refractivity contribution < 1.29 is 9.21 Å². The highest BCUT2D eigenvalue weighted by Gasteiger charge is 2.22. The van der Waals surface area contributed by atoms with Crippen molar-refractivity contribution in [2.45, 2.75) is 25.9 Å². The van der Waals surface area contributed by atoms with Gasteiger partial charge in [0.25, 0.3) is 0 Å². The maximum absolute atomic E-state index is 12.8. The third-order valence-corrected chi connectivity index (χ3v) is 5.17. The summed E-state index contributed by atoms with van der Waals surface area (Å²) in [6.07, 6.45) is 3.14. The van der Waals surface area contributed by atoms with E-state index in [-0.39, 0.29) is 18.1 Å². The number of amides is 2. The summed E-state index contributed by atoms with van der Waals surface area (Å²) in [5.41, 5.74) is 2.75. The smallest absolute Gasteiger partial charge is 0.318 e. The molecule has 148 valence electrons. The van der Waals surface area contributed by atoms with Crippen molar-refractivity contribution >= 4 is 17.0 Å². The number of urea groups is 1. The third-order valence-electron chi connectivity index (χ3n) is 5.17. The van der Waals surface area contributed by atoms with Crippen LogP contribution >= 0.6 is 0 Å². The zero-order valence-electron chi connectivity index (χ0n) is 16.6. The molecule has 0 saturated carbocycles. The third kappa shape index (κ3) is 3.85. The van der Waals surface area contributed by atoms with Crippen LogP contribution in [0.1, 0.15) is 37.3 Å². The highest BCUT2D eigenvalue weighted by Crippen LogP contribution is 2.27. The number of nitrogens with one attached hydrogen (secondary N) is 1. The van der Waals surface area contributed by atoms with Crippen LogP contribution in [0.15, 0.2) is 71.7 Å². The Hall–Kier alpha value is -3.61. The second kappa shape index (κ2) is 7.79. The van der Waals surface area contributed by atoms with Gasteiger partial charge < -0.3 is 14.6 Å². The van der Waals surface area contributed by atoms with E-state index in [0.717, 1.165) is 28.0 Å². The molecule has 2 amide bonds. The Labute approximate surface area is 169 Å². The number of furan rings is 1. The molecule has 0 aliphatic rings. The second-order valence-corrected chi connectivity index (χ2v) is 7.08. The predicted molar refractivity (Wildman–Crippen MR) is 111 cm³/mol. The maximum atomic E-state index is 12.8. The first-order valence-corrected chi connectivity index (χ1v) is 9.49. The maximum Gasteiger partial charge on any atom is 0.318 e. The van der Waals surface area contributed by atoms with Crippen LogP contribution < -0.4 is 5.32 Å². The molecule has 2 unspecified atom stereocenters. The average molecular weight is 389 g/mol. The second-order valence-electron chi connectivity index (χ2n) is 7.08. The number of hydrogen-bond donors (Lipinski definition) is 1. The van der Waals surface area contributed by atoms with Gasteiger partial charge in [-0.3, -0.25) is 0 Å². The number of para-hydroxylation sites is 1. The Morgan fingerprint density at radius 3 is 2.59 bits per heavy atom. The zero-order chi connectivity index (χ0) is 20.4. The molecule has 0 bridgehead atoms. The normalized spacial score (nSPS) is 13.2. The molecule has 0 aliphatic heterocycles. The largest absolute Gasteiger partial charge is 0.459 e. The Kier molecular flexibility index (Phi) is 5.03. The fourth-order valence-electron chi connectivity index (χ4n) is 3.20. The molecule has 0 fully saturated rings. The summed E-state index contributed by atoms with van der Waals surface area (Å²) in [4.78, 5) is 18.4. The fraction of sp³-hybridized carbons (Fsp3) is 0.227. The van der Waals surface area contributed by atoms with Crippen LogP contribution in [0.3, 0.4) is 0 Å². The minimum atomic E-state index is -0.190. The van der Waals surface area contributed by atoms with Gasteiger partial charge in [0.15, 0.2) is 0 Å². The molecule has 1 N–H and O–H groups in total. The van der Waals surface area contributed by atoms with Gasteiger partial charge in [0, 0.05) is 12.4 Å². The zero-order valence-corrected chi connectivity index (χ0v) is 16.6. The predicted octanol–water partition coefficient (Wildman–Crippen LogP) is 4.48. The Balaban J connectivity index is 1.42. The number of carbonyl (C=O) groups excluding carboxylic acids is 1. The number of carbonyl (C=O) groups is 1. The van der Waals surface area contributed by atoms with Crippen molar-refractivity contribution in [1.29, 1.82) is 0 Å². The van der Waals surface area contributed by atoms with E-state index in [9.17, 15) is 4.79 Å². The van der Waals surface area contributed by atoms with Gasteiger partial charge in [-0.25, -0.2) is 14.5 Å². The number of fused-ring (bicyclic) bond motifs is 1. The quantitative estimate of drug-likeness (QED) is 0.546. The molecule has 2 aromatic carbocycles. The number of rotatable bonds is 5. The first-order chi connectivity index (χ1) is 14.0. The molecule has 29 heavy (non-hydrogen) atoms. The van der Waals surface area contributed by atoms with E-state index in [0.29, 0.717) is 0 Å². The standard InChI is InChI=1S/C22H23N5O2/c1-15(17-8-10-19(11-9-17)27-14-23-13-24-27)25-22(28)26(3)16(2)21-12-18-6-4-5-7-20(18)29-21/h4-16H,1-3H3,(H,25,28). The lowest BCUT2D eigenvalue weighted by molar-refractivity contribution is 0.185. The summed E-state index contributed by atoms with van der Waals surface area (Å²) in [7, 11) is 1.77. The fourth-order valence-corrected chi connectivity index (χ4v) is 3.20. The summed E-state index contributed by atoms with van der Waals surface area (Å²) < 4.78 is 7.59. The summed E-state index contributed by atoms with van der Waals surface area (Å²) in [6, 6.07) is 17.2. The summed E-state index contributed by atoms with van der Waals surface area (Å²) in [5, 5.41) is 8.19. The van der Waals surface area contributed by atoms with Gasteiger partial charge in [0.1, 0.15) is 24.0 Å². The van der Waals surface area contributed by atoms with E-state index in [2.05, 4.69) is 15.4 Å². The van der Waals surface area contributed by atoms with Gasteiger partial charge in [-0.2, -0.15) is 5.10 Å². The minimum absolute atomic E-state index is 0.141. The van der Waals surface area contributed by atoms with E-state index in [4.69, 9.17) is 4.42 Å². The van der Waals surface area contributed by atoms with Crippen molar-refractivity contribution in [3.8, 4) is 5.69 Å². The number of hydrogen-bond acceptors (Lipinski definition) is 4. The molecule has 4 aromatic rings. The van der Waals surface area contributed by atoms with Crippen molar-refractivity contribution in [2.24, 2.45) is 0 Å². The molecule has 7 heteroatoms. The van der Waals surface area contributed by atoms with E-state index < -0.39 is 0 Å². The van der Waals surface area contributed by atoms with Gasteiger partial charge in [-0.1, -0.05) is 30.3 Å². The van der Waals surface area contributed by atoms with Gasteiger partial charge in [-0.05, 0) is 43.7 Å². The highest BCUT2D eigenvalue weighted by atomic mass is 16.3. The van der Waals surface area contributed by atoms with Crippen LogP contribution in [-0.4, -0.2) is 32.7 Å². The monoisotopic (exact) mass is 389 g/mol. The molecule has 2 atom stereocenters. The first-order valence-electron chi connectivity index (χ1n) is 9.49. The highest BCUT2D eigenvalue weighted by molar-refractivity contribution is 5.78. The Morgan fingerprint density at radius 2 is 1.90 bits per heavy atom. The minimum Gasteiger partial charge on any atom is -0.459 e. The van der Waals surface area contributed by atoms with E-state index in [1.54, 1.807) is 23.0 Å². The van der Waals surface area contributed by atoms with Crippen LogP contribution in [0, 0.1) is 0 Å². The first kappa shape index (κ1) is 18.7. The molecule has 2 heterocycles. The molecule has 7 nitrogen and oxygen atoms in total. The summed E-state index contributed by atoms with van der Waals surface area (Å²) in [5.74, 6) is 0.758. The molecular formula is C22H23N5O2. The van der Waals surface area contributed by atoms with Crippen molar-refractivity contribution in [3.63, 3.8) is 0 Å². The summed E-state index contributed by atoms with van der Waals surface area (Å²) >= 11 is 0. The molecule has 0 aliphatic carbocycles. The van der Waals surface area contributed by atoms with Crippen molar-refractivity contribution in [3.05, 3.63) is 78.6 Å². The Morgan fingerprint density at radius 1 is 1.14 bits per heavy atom. The lowest BCUT2D eigenvalue weighted by atomic mass is 10.1. The SMILES string of the molecule is CC(NC(=O)N(C)C(C)c1cc2ccccc2o1)c1ccc(-n2cncn2)cc1. The average Bonchev–Trinajstić information content (AvgIpc) is 3.42. The van der Waals surface area contributed by atoms with Gasteiger partial charge >= 0.3 is 6.03 Å². The van der Waals surface area contributed by atoms with Crippen LogP contribution in [0.25, 0.3) is 16.7 Å². The van der Waals surface area contributed by atoms with Gasteiger partial charge in [0.05, 0.1) is 17.8 Å². The lowest BCUT2D eigenvalue weighted by Crippen LogP contribution is -2.39. The van der Waals surface area contributed by atoms with Gasteiger partial charge in [0.2, 0.25) is 0 Å². The van der Waals surface area contributed by atoms with Crippen molar-refractivity contribution in [1.82, 2.24) is 25.0 Å². The molecular weight excluding hydrogens is 366 g/mol. The summed E-state index contributed by atoms with van der Waals surface area (Å²) in [6.45, 7) is 3.91. The topological polar surface area (TPSA) is 76.2 Å². The van der Waals surface area contributed by atoms with Crippen LogP contribution in [0.2, 0.25) is 0 Å². The number of benzene rings is 2. The van der Waals surface area contributed by atoms with E-state index >= 15 is 0 Å². The molecule has 4 rings (SSSR count). The van der Waals surface area contributed by atoms with E-state index in [1.807, 2.05) is 68.4 Å².